The summed E-state index contributed by atoms with van der Waals surface area (Å²) in [7, 11) is 0. The molecule has 0 aromatic carbocycles. The molecule has 1 atom stereocenters. The van der Waals surface area contributed by atoms with Gasteiger partial charge in [0.25, 0.3) is 5.56 Å². The molecule has 0 radical (unpaired) electrons. The third kappa shape index (κ3) is 7.05. The number of carbonyl (C=O) groups excluding carboxylic acids is 1. The molecule has 2 N–H and O–H groups in total. The molecule has 3 rings (SSSR count). The number of anilines is 2. The van der Waals surface area contributed by atoms with E-state index in [0.29, 0.717) is 32.4 Å². The average Bonchev–Trinajstić information content (AvgIpc) is 2.80. The molecule has 0 spiro atoms. The van der Waals surface area contributed by atoms with Gasteiger partial charge < -0.3 is 19.9 Å². The van der Waals surface area contributed by atoms with E-state index >= 15 is 0 Å². The third-order valence-electron chi connectivity index (χ3n) is 5.25. The molecular weight excluding hydrogens is 500 g/mol. The van der Waals surface area contributed by atoms with Gasteiger partial charge in [-0.2, -0.15) is 31.4 Å². The summed E-state index contributed by atoms with van der Waals surface area (Å²) in [5, 5.41) is 7.66. The minimum atomic E-state index is -4.87. The lowest BCUT2D eigenvalue weighted by Crippen LogP contribution is -2.49. The Balaban J connectivity index is 1.40. The molecule has 1 fully saturated rings. The van der Waals surface area contributed by atoms with Gasteiger partial charge in [-0.05, 0) is 6.92 Å². The zero-order valence-electron chi connectivity index (χ0n) is 19.0. The van der Waals surface area contributed by atoms with E-state index in [0.717, 1.165) is 12.4 Å². The Morgan fingerprint density at radius 2 is 1.78 bits per heavy atom. The lowest BCUT2D eigenvalue weighted by Gasteiger charge is -2.35. The summed E-state index contributed by atoms with van der Waals surface area (Å²) in [6.07, 6.45) is -6.84. The Hall–Kier alpha value is -3.43. The predicted octanol–water partition coefficient (Wildman–Crippen LogP) is 2.15. The zero-order chi connectivity index (χ0) is 26.5. The molecule has 0 saturated carbocycles. The molecule has 0 bridgehead atoms. The van der Waals surface area contributed by atoms with E-state index in [1.807, 2.05) is 0 Å². The number of aromatic nitrogens is 4. The Morgan fingerprint density at radius 3 is 2.36 bits per heavy atom. The molecule has 1 aliphatic heterocycles. The highest BCUT2D eigenvalue weighted by molar-refractivity contribution is 5.76. The molecule has 36 heavy (non-hydrogen) atoms. The SMILES string of the molecule is C[C@@H](COCCC(=O)N1CCN(c2cnc(C(F)(F)F)cn2)CC1)Nc1cn[nH]c(=O)c1C(F)(F)F. The number of aromatic amines is 1. The Labute approximate surface area is 200 Å². The Bertz CT molecular complexity index is 1080. The molecule has 10 nitrogen and oxygen atoms in total. The molecule has 2 aromatic heterocycles. The lowest BCUT2D eigenvalue weighted by molar-refractivity contribution is -0.141. The van der Waals surface area contributed by atoms with Crippen LogP contribution in [0.5, 0.6) is 0 Å². The second kappa shape index (κ2) is 11.1. The van der Waals surface area contributed by atoms with Gasteiger partial charge in [0.1, 0.15) is 11.4 Å². The lowest BCUT2D eigenvalue weighted by atomic mass is 10.2. The molecule has 2 aromatic rings. The standard InChI is InChI=1S/C20H23F6N7O3/c1-12(30-13-8-29-31-18(35)17(13)20(24,25)26)11-36-7-2-16(34)33-5-3-32(4-6-33)15-10-27-14(9-28-15)19(21,22)23/h8-10,12H,2-7,11H2,1H3,(H2,30,31,35)/t12-/m0/s1. The van der Waals surface area contributed by atoms with Crippen LogP contribution in [-0.2, 0) is 21.9 Å². The van der Waals surface area contributed by atoms with Gasteiger partial charge in [0.05, 0.1) is 43.9 Å². The monoisotopic (exact) mass is 523 g/mol. The number of nitrogens with zero attached hydrogens (tertiary/aromatic N) is 5. The highest BCUT2D eigenvalue weighted by Gasteiger charge is 2.37. The molecule has 198 valence electrons. The zero-order valence-corrected chi connectivity index (χ0v) is 19.0. The van der Waals surface area contributed by atoms with E-state index in [-0.39, 0.29) is 31.4 Å². The van der Waals surface area contributed by atoms with Gasteiger partial charge in [0.2, 0.25) is 5.91 Å². The minimum absolute atomic E-state index is 0.0230. The summed E-state index contributed by atoms with van der Waals surface area (Å²) in [4.78, 5) is 34.4. The van der Waals surface area contributed by atoms with Crippen molar-refractivity contribution in [2.45, 2.75) is 31.7 Å². The maximum Gasteiger partial charge on any atom is 0.434 e. The van der Waals surface area contributed by atoms with E-state index in [2.05, 4.69) is 20.4 Å². The number of piperazine rings is 1. The summed E-state index contributed by atoms with van der Waals surface area (Å²) in [6, 6.07) is -0.613. The fraction of sp³-hybridized carbons (Fsp3) is 0.550. The molecule has 1 aliphatic rings. The topological polar surface area (TPSA) is 116 Å². The van der Waals surface area contributed by atoms with E-state index in [1.54, 1.807) is 21.8 Å². The second-order valence-electron chi connectivity index (χ2n) is 7.98. The fourth-order valence-electron chi connectivity index (χ4n) is 3.49. The number of carbonyl (C=O) groups is 1. The van der Waals surface area contributed by atoms with Crippen LogP contribution in [0.3, 0.4) is 0 Å². The fourth-order valence-corrected chi connectivity index (χ4v) is 3.49. The number of hydrogen-bond acceptors (Lipinski definition) is 8. The van der Waals surface area contributed by atoms with Crippen molar-refractivity contribution in [1.82, 2.24) is 25.1 Å². The predicted molar refractivity (Wildman–Crippen MR) is 114 cm³/mol. The molecule has 0 unspecified atom stereocenters. The van der Waals surface area contributed by atoms with Crippen molar-refractivity contribution in [3.05, 3.63) is 40.2 Å². The summed E-state index contributed by atoms with van der Waals surface area (Å²) >= 11 is 0. The maximum atomic E-state index is 13.1. The van der Waals surface area contributed by atoms with Gasteiger partial charge in [-0.25, -0.2) is 15.1 Å². The van der Waals surface area contributed by atoms with Crippen LogP contribution in [0.1, 0.15) is 24.6 Å². The largest absolute Gasteiger partial charge is 0.434 e. The van der Waals surface area contributed by atoms with Crippen LogP contribution in [0, 0.1) is 0 Å². The van der Waals surface area contributed by atoms with Gasteiger partial charge in [0, 0.05) is 32.2 Å². The molecular formula is C20H23F6N7O3. The van der Waals surface area contributed by atoms with Gasteiger partial charge in [0.15, 0.2) is 5.69 Å². The minimum Gasteiger partial charge on any atom is -0.379 e. The van der Waals surface area contributed by atoms with E-state index in [1.165, 1.54) is 0 Å². The van der Waals surface area contributed by atoms with E-state index < -0.39 is 40.9 Å². The van der Waals surface area contributed by atoms with E-state index in [9.17, 15) is 35.9 Å². The smallest absolute Gasteiger partial charge is 0.379 e. The van der Waals surface area contributed by atoms with Crippen molar-refractivity contribution in [3.8, 4) is 0 Å². The molecule has 0 aliphatic carbocycles. The number of hydrogen-bond donors (Lipinski definition) is 2. The maximum absolute atomic E-state index is 13.1. The van der Waals surface area contributed by atoms with Gasteiger partial charge in [-0.1, -0.05) is 0 Å². The van der Waals surface area contributed by atoms with E-state index in [4.69, 9.17) is 4.74 Å². The normalized spacial score (nSPS) is 15.6. The van der Waals surface area contributed by atoms with Crippen molar-refractivity contribution in [2.24, 2.45) is 0 Å². The first-order valence-corrected chi connectivity index (χ1v) is 10.8. The number of alkyl halides is 6. The Kier molecular flexibility index (Phi) is 8.37. The average molecular weight is 523 g/mol. The van der Waals surface area contributed by atoms with Crippen LogP contribution < -0.4 is 15.8 Å². The summed E-state index contributed by atoms with van der Waals surface area (Å²) in [6.45, 7) is 2.92. The van der Waals surface area contributed by atoms with Crippen LogP contribution in [0.4, 0.5) is 37.8 Å². The quantitative estimate of drug-likeness (QED) is 0.400. The van der Waals surface area contributed by atoms with Crippen molar-refractivity contribution < 1.29 is 35.9 Å². The number of amides is 1. The van der Waals surface area contributed by atoms with Crippen LogP contribution in [0.2, 0.25) is 0 Å². The van der Waals surface area contributed by atoms with Crippen LogP contribution in [-0.4, -0.2) is 76.4 Å². The molecule has 1 saturated heterocycles. The first-order chi connectivity index (χ1) is 16.9. The van der Waals surface area contributed by atoms with Crippen LogP contribution in [0.15, 0.2) is 23.4 Å². The van der Waals surface area contributed by atoms with Crippen molar-refractivity contribution in [1.29, 1.82) is 0 Å². The third-order valence-corrected chi connectivity index (χ3v) is 5.25. The Morgan fingerprint density at radius 1 is 1.08 bits per heavy atom. The number of nitrogens with one attached hydrogen (secondary N) is 2. The number of H-pyrrole nitrogens is 1. The number of rotatable bonds is 8. The summed E-state index contributed by atoms with van der Waals surface area (Å²) < 4.78 is 82.5. The van der Waals surface area contributed by atoms with Crippen molar-refractivity contribution >= 4 is 17.4 Å². The van der Waals surface area contributed by atoms with Crippen molar-refractivity contribution in [3.63, 3.8) is 0 Å². The van der Waals surface area contributed by atoms with Crippen LogP contribution in [0.25, 0.3) is 0 Å². The van der Waals surface area contributed by atoms with Crippen molar-refractivity contribution in [2.75, 3.05) is 49.6 Å². The highest BCUT2D eigenvalue weighted by atomic mass is 19.4. The van der Waals surface area contributed by atoms with Gasteiger partial charge in [-0.15, -0.1) is 0 Å². The summed E-state index contributed by atoms with van der Waals surface area (Å²) in [5.41, 5.74) is -4.31. The second-order valence-corrected chi connectivity index (χ2v) is 7.98. The number of ether oxygens (including phenoxy) is 1. The molecule has 3 heterocycles. The highest BCUT2D eigenvalue weighted by Crippen LogP contribution is 2.31. The van der Waals surface area contributed by atoms with Gasteiger partial charge >= 0.3 is 12.4 Å². The van der Waals surface area contributed by atoms with Crippen LogP contribution >= 0.6 is 0 Å². The molecule has 1 amide bonds. The molecule has 16 heteroatoms. The summed E-state index contributed by atoms with van der Waals surface area (Å²) in [5.74, 6) is 0.0797. The first kappa shape index (κ1) is 27.2. The first-order valence-electron chi connectivity index (χ1n) is 10.8. The van der Waals surface area contributed by atoms with Gasteiger partial charge in [-0.3, -0.25) is 9.59 Å². The number of halogens is 6.